The molecule has 0 unspecified atom stereocenters. The Morgan fingerprint density at radius 3 is 2.36 bits per heavy atom. The van der Waals surface area contributed by atoms with Crippen LogP contribution in [0.3, 0.4) is 0 Å². The van der Waals surface area contributed by atoms with Gasteiger partial charge in [-0.2, -0.15) is 0 Å². The normalized spacial score (nSPS) is 16.0. The molecule has 0 saturated carbocycles. The molecule has 1 aliphatic rings. The van der Waals surface area contributed by atoms with Gasteiger partial charge in [0.2, 0.25) is 0 Å². The predicted octanol–water partition coefficient (Wildman–Crippen LogP) is 5.25. The number of benzene rings is 3. The molecule has 0 radical (unpaired) electrons. The maximum absolute atomic E-state index is 14.1. The number of rotatable bonds is 3. The van der Waals surface area contributed by atoms with Gasteiger partial charge in [0.15, 0.2) is 0 Å². The topological polar surface area (TPSA) is 32.3 Å². The fourth-order valence-electron chi connectivity index (χ4n) is 3.05. The zero-order chi connectivity index (χ0) is 17.4. The summed E-state index contributed by atoms with van der Waals surface area (Å²) in [6, 6.07) is 20.8. The Morgan fingerprint density at radius 2 is 1.60 bits per heavy atom. The maximum atomic E-state index is 14.1. The number of amides is 1. The number of carbonyl (C=O) groups excluding carboxylic acids is 1. The van der Waals surface area contributed by atoms with Crippen molar-refractivity contribution in [3.05, 3.63) is 94.8 Å². The Morgan fingerprint density at radius 1 is 0.920 bits per heavy atom. The van der Waals surface area contributed by atoms with Crippen molar-refractivity contribution in [3.63, 3.8) is 0 Å². The van der Waals surface area contributed by atoms with Crippen LogP contribution < -0.4 is 10.2 Å². The van der Waals surface area contributed by atoms with E-state index in [9.17, 15) is 9.18 Å². The van der Waals surface area contributed by atoms with E-state index in [1.54, 1.807) is 53.4 Å². The van der Waals surface area contributed by atoms with Crippen molar-refractivity contribution in [2.45, 2.75) is 6.17 Å². The number of hydrogen-bond acceptors (Lipinski definition) is 2. The number of hydrogen-bond donors (Lipinski definition) is 1. The van der Waals surface area contributed by atoms with Gasteiger partial charge in [0.05, 0.1) is 5.69 Å². The second-order valence-corrected chi connectivity index (χ2v) is 6.20. The van der Waals surface area contributed by atoms with Crippen molar-refractivity contribution in [1.29, 1.82) is 0 Å². The third-order valence-electron chi connectivity index (χ3n) is 4.23. The first-order valence-electron chi connectivity index (χ1n) is 7.84. The van der Waals surface area contributed by atoms with E-state index in [4.69, 9.17) is 11.6 Å². The van der Waals surface area contributed by atoms with Gasteiger partial charge in [-0.3, -0.25) is 9.69 Å². The fourth-order valence-corrected chi connectivity index (χ4v) is 3.18. The summed E-state index contributed by atoms with van der Waals surface area (Å²) >= 11 is 5.96. The molecule has 1 amide bonds. The third-order valence-corrected chi connectivity index (χ3v) is 4.49. The van der Waals surface area contributed by atoms with Crippen molar-refractivity contribution >= 4 is 28.9 Å². The Kier molecular flexibility index (Phi) is 3.90. The summed E-state index contributed by atoms with van der Waals surface area (Å²) in [6.07, 6.45) is -0.498. The van der Waals surface area contributed by atoms with Crippen LogP contribution in [-0.4, -0.2) is 5.91 Å². The average Bonchev–Trinajstić information content (AvgIpc) is 2.90. The van der Waals surface area contributed by atoms with Crippen LogP contribution >= 0.6 is 11.6 Å². The van der Waals surface area contributed by atoms with Gasteiger partial charge in [0, 0.05) is 21.8 Å². The lowest BCUT2D eigenvalue weighted by Crippen LogP contribution is -2.32. The molecule has 1 heterocycles. The molecule has 25 heavy (non-hydrogen) atoms. The number of nitrogens with zero attached hydrogens (tertiary/aromatic N) is 1. The Bertz CT molecular complexity index is 942. The Hall–Kier alpha value is -2.85. The fraction of sp³-hybridized carbons (Fsp3) is 0.0500. The molecule has 3 nitrogen and oxygen atoms in total. The maximum Gasteiger partial charge on any atom is 0.260 e. The molecular formula is C20H14ClFN2O. The molecule has 1 atom stereocenters. The van der Waals surface area contributed by atoms with Gasteiger partial charge >= 0.3 is 0 Å². The largest absolute Gasteiger partial charge is 0.359 e. The highest BCUT2D eigenvalue weighted by Gasteiger charge is 2.37. The van der Waals surface area contributed by atoms with Crippen molar-refractivity contribution in [1.82, 2.24) is 0 Å². The van der Waals surface area contributed by atoms with Crippen LogP contribution in [-0.2, 0) is 0 Å². The van der Waals surface area contributed by atoms with Crippen molar-refractivity contribution in [2.24, 2.45) is 0 Å². The van der Waals surface area contributed by atoms with Crippen LogP contribution in [0.15, 0.2) is 72.8 Å². The zero-order valence-corrected chi connectivity index (χ0v) is 13.9. The van der Waals surface area contributed by atoms with Gasteiger partial charge in [0.1, 0.15) is 12.0 Å². The molecule has 1 N–H and O–H groups in total. The van der Waals surface area contributed by atoms with Crippen molar-refractivity contribution in [3.8, 4) is 0 Å². The highest BCUT2D eigenvalue weighted by Crippen LogP contribution is 2.38. The standard InChI is InChI=1S/C20H14ClFN2O/c21-13-9-11-14(12-10-13)24-19(23-18-8-4-3-7-17(18)22)15-5-1-2-6-16(15)20(24)25/h1-12,19,23H/t19-/m0/s1. The van der Waals surface area contributed by atoms with E-state index in [1.165, 1.54) is 6.07 Å². The Labute approximate surface area is 149 Å². The summed E-state index contributed by atoms with van der Waals surface area (Å²) in [5, 5.41) is 3.75. The Balaban J connectivity index is 1.80. The van der Waals surface area contributed by atoms with Gasteiger partial charge in [-0.25, -0.2) is 4.39 Å². The third kappa shape index (κ3) is 2.75. The molecular weight excluding hydrogens is 339 g/mol. The van der Waals surface area contributed by atoms with E-state index < -0.39 is 6.17 Å². The molecule has 0 saturated heterocycles. The van der Waals surface area contributed by atoms with Gasteiger partial charge in [-0.1, -0.05) is 41.9 Å². The minimum absolute atomic E-state index is 0.133. The second kappa shape index (κ2) is 6.22. The molecule has 5 heteroatoms. The summed E-state index contributed by atoms with van der Waals surface area (Å²) < 4.78 is 14.1. The number of para-hydroxylation sites is 1. The van der Waals surface area contributed by atoms with E-state index in [0.29, 0.717) is 22.0 Å². The average molecular weight is 353 g/mol. The summed E-state index contributed by atoms with van der Waals surface area (Å²) in [7, 11) is 0. The molecule has 0 bridgehead atoms. The summed E-state index contributed by atoms with van der Waals surface area (Å²) in [6.45, 7) is 0. The summed E-state index contributed by atoms with van der Waals surface area (Å²) in [5.74, 6) is -0.498. The molecule has 124 valence electrons. The van der Waals surface area contributed by atoms with Crippen LogP contribution in [0, 0.1) is 5.82 Å². The van der Waals surface area contributed by atoms with E-state index in [2.05, 4.69) is 5.32 Å². The van der Waals surface area contributed by atoms with Crippen LogP contribution in [0.5, 0.6) is 0 Å². The van der Waals surface area contributed by atoms with Crippen molar-refractivity contribution < 1.29 is 9.18 Å². The minimum Gasteiger partial charge on any atom is -0.359 e. The highest BCUT2D eigenvalue weighted by molar-refractivity contribution is 6.30. The molecule has 0 spiro atoms. The lowest BCUT2D eigenvalue weighted by atomic mass is 10.1. The lowest BCUT2D eigenvalue weighted by molar-refractivity contribution is 0.0993. The lowest BCUT2D eigenvalue weighted by Gasteiger charge is -2.27. The van der Waals surface area contributed by atoms with Gasteiger partial charge in [-0.15, -0.1) is 0 Å². The van der Waals surface area contributed by atoms with Crippen LogP contribution in [0.25, 0.3) is 0 Å². The molecule has 3 aromatic carbocycles. The molecule has 0 fully saturated rings. The zero-order valence-electron chi connectivity index (χ0n) is 13.1. The number of halogens is 2. The van der Waals surface area contributed by atoms with Crippen LogP contribution in [0.1, 0.15) is 22.1 Å². The SMILES string of the molecule is O=C1c2ccccc2[C@@H](Nc2ccccc2F)N1c1ccc(Cl)cc1. The molecule has 0 aliphatic carbocycles. The minimum atomic E-state index is -0.498. The van der Waals surface area contributed by atoms with Crippen molar-refractivity contribution in [2.75, 3.05) is 10.2 Å². The predicted molar refractivity (Wildman–Crippen MR) is 97.5 cm³/mol. The number of anilines is 2. The van der Waals surface area contributed by atoms with Crippen LogP contribution in [0.4, 0.5) is 15.8 Å². The van der Waals surface area contributed by atoms with Gasteiger partial charge in [0.25, 0.3) is 5.91 Å². The molecule has 4 rings (SSSR count). The summed E-state index contributed by atoms with van der Waals surface area (Å²) in [4.78, 5) is 14.5. The van der Waals surface area contributed by atoms with E-state index in [-0.39, 0.29) is 11.7 Å². The first-order valence-corrected chi connectivity index (χ1v) is 8.22. The summed E-state index contributed by atoms with van der Waals surface area (Å²) in [5.41, 5.74) is 2.45. The molecule has 0 aromatic heterocycles. The first kappa shape index (κ1) is 15.7. The second-order valence-electron chi connectivity index (χ2n) is 5.77. The van der Waals surface area contributed by atoms with E-state index >= 15 is 0 Å². The number of fused-ring (bicyclic) bond motifs is 1. The van der Waals surface area contributed by atoms with E-state index in [0.717, 1.165) is 5.56 Å². The first-order chi connectivity index (χ1) is 12.1. The number of carbonyl (C=O) groups is 1. The smallest absolute Gasteiger partial charge is 0.260 e. The number of nitrogens with one attached hydrogen (secondary N) is 1. The highest BCUT2D eigenvalue weighted by atomic mass is 35.5. The molecule has 1 aliphatic heterocycles. The monoisotopic (exact) mass is 352 g/mol. The van der Waals surface area contributed by atoms with Gasteiger partial charge in [-0.05, 0) is 42.5 Å². The molecule has 3 aromatic rings. The van der Waals surface area contributed by atoms with Crippen LogP contribution in [0.2, 0.25) is 5.02 Å². The van der Waals surface area contributed by atoms with E-state index in [1.807, 2.05) is 18.2 Å². The quantitative estimate of drug-likeness (QED) is 0.698. The van der Waals surface area contributed by atoms with Gasteiger partial charge < -0.3 is 5.32 Å².